The van der Waals surface area contributed by atoms with E-state index in [2.05, 4.69) is 34.9 Å². The molecule has 0 bridgehead atoms. The molecule has 1 aliphatic rings. The van der Waals surface area contributed by atoms with E-state index < -0.39 is 24.1 Å². The highest BCUT2D eigenvalue weighted by molar-refractivity contribution is 5.80. The van der Waals surface area contributed by atoms with Gasteiger partial charge < -0.3 is 20.5 Å². The summed E-state index contributed by atoms with van der Waals surface area (Å²) in [5.74, 6) is -1.33. The summed E-state index contributed by atoms with van der Waals surface area (Å²) in [6.07, 6.45) is -0.667. The summed E-state index contributed by atoms with van der Waals surface area (Å²) in [5, 5.41) is 14.7. The second-order valence-electron chi connectivity index (χ2n) is 9.54. The third-order valence-corrected chi connectivity index (χ3v) is 6.40. The zero-order chi connectivity index (χ0) is 24.8. The van der Waals surface area contributed by atoms with E-state index in [0.717, 1.165) is 22.3 Å². The van der Waals surface area contributed by atoms with E-state index in [1.165, 1.54) is 0 Å². The Kier molecular flexibility index (Phi) is 8.31. The minimum Gasteiger partial charge on any atom is -0.481 e. The first-order valence-corrected chi connectivity index (χ1v) is 11.8. The second-order valence-corrected chi connectivity index (χ2v) is 9.54. The van der Waals surface area contributed by atoms with Gasteiger partial charge in [-0.3, -0.25) is 9.59 Å². The molecule has 0 saturated carbocycles. The lowest BCUT2D eigenvalue weighted by atomic mass is 9.98. The molecule has 2 aromatic rings. The number of carboxylic acids is 1. The maximum Gasteiger partial charge on any atom is 0.407 e. The Morgan fingerprint density at radius 3 is 1.82 bits per heavy atom. The number of amides is 2. The lowest BCUT2D eigenvalue weighted by Crippen LogP contribution is -2.46. The van der Waals surface area contributed by atoms with E-state index in [0.29, 0.717) is 0 Å². The quantitative estimate of drug-likeness (QED) is 0.476. The number of rotatable bonds is 10. The first kappa shape index (κ1) is 25.3. The van der Waals surface area contributed by atoms with E-state index in [9.17, 15) is 14.4 Å². The first-order chi connectivity index (χ1) is 16.2. The molecular weight excluding hydrogens is 432 g/mol. The van der Waals surface area contributed by atoms with Gasteiger partial charge in [-0.25, -0.2) is 4.79 Å². The van der Waals surface area contributed by atoms with Crippen molar-refractivity contribution in [2.45, 2.75) is 58.5 Å². The van der Waals surface area contributed by atoms with Gasteiger partial charge in [-0.05, 0) is 34.1 Å². The monoisotopic (exact) mass is 466 g/mol. The van der Waals surface area contributed by atoms with Gasteiger partial charge in [-0.1, -0.05) is 76.2 Å². The number of fused-ring (bicyclic) bond motifs is 3. The molecule has 2 atom stereocenters. The van der Waals surface area contributed by atoms with Gasteiger partial charge in [0.05, 0.1) is 6.42 Å². The summed E-state index contributed by atoms with van der Waals surface area (Å²) in [5.41, 5.74) is 4.58. The van der Waals surface area contributed by atoms with Crippen molar-refractivity contribution in [3.05, 3.63) is 59.7 Å². The van der Waals surface area contributed by atoms with Crippen molar-refractivity contribution in [3.63, 3.8) is 0 Å². The third kappa shape index (κ3) is 6.16. The summed E-state index contributed by atoms with van der Waals surface area (Å²) < 4.78 is 5.61. The van der Waals surface area contributed by atoms with E-state index in [-0.39, 0.29) is 43.1 Å². The Hall–Kier alpha value is -3.35. The van der Waals surface area contributed by atoms with Crippen LogP contribution in [0.4, 0.5) is 4.79 Å². The summed E-state index contributed by atoms with van der Waals surface area (Å²) in [6.45, 7) is 7.76. The largest absolute Gasteiger partial charge is 0.481 e. The molecule has 0 aliphatic heterocycles. The Balaban J connectivity index is 1.59. The van der Waals surface area contributed by atoms with Crippen LogP contribution in [0.25, 0.3) is 11.1 Å². The molecule has 7 nitrogen and oxygen atoms in total. The van der Waals surface area contributed by atoms with Crippen LogP contribution in [0.3, 0.4) is 0 Å². The van der Waals surface area contributed by atoms with Gasteiger partial charge in [0.1, 0.15) is 6.61 Å². The molecule has 182 valence electrons. The highest BCUT2D eigenvalue weighted by atomic mass is 16.5. The highest BCUT2D eigenvalue weighted by Crippen LogP contribution is 2.44. The second kappa shape index (κ2) is 11.2. The molecule has 34 heavy (non-hydrogen) atoms. The number of carbonyl (C=O) groups excluding carboxylic acids is 2. The number of ether oxygens (including phenoxy) is 1. The van der Waals surface area contributed by atoms with Gasteiger partial charge in [-0.2, -0.15) is 0 Å². The highest BCUT2D eigenvalue weighted by Gasteiger charge is 2.30. The fourth-order valence-electron chi connectivity index (χ4n) is 4.35. The van der Waals surface area contributed by atoms with Crippen LogP contribution in [0, 0.1) is 11.8 Å². The summed E-state index contributed by atoms with van der Waals surface area (Å²) in [6, 6.07) is 15.4. The number of carbonyl (C=O) groups is 3. The van der Waals surface area contributed by atoms with Crippen LogP contribution in [-0.2, 0) is 14.3 Å². The number of nitrogens with one attached hydrogen (secondary N) is 2. The van der Waals surface area contributed by atoms with Crippen molar-refractivity contribution in [1.82, 2.24) is 10.6 Å². The topological polar surface area (TPSA) is 105 Å². The predicted octanol–water partition coefficient (Wildman–Crippen LogP) is 4.56. The van der Waals surface area contributed by atoms with Crippen LogP contribution in [-0.4, -0.2) is 41.8 Å². The van der Waals surface area contributed by atoms with E-state index >= 15 is 0 Å². The summed E-state index contributed by atoms with van der Waals surface area (Å²) >= 11 is 0. The standard InChI is InChI=1S/C27H34N2O5/c1-16(2)23(13-25(30)28-24(17(3)4)14-26(31)32)29-27(33)34-15-22-20-11-7-5-9-18(20)19-10-6-8-12-21(19)22/h5-12,16-17,22-24H,13-15H2,1-4H3,(H,28,30)(H,29,33)(H,31,32)/t23-,24-/m1/s1. The fourth-order valence-corrected chi connectivity index (χ4v) is 4.35. The van der Waals surface area contributed by atoms with Gasteiger partial charge in [0.25, 0.3) is 0 Å². The van der Waals surface area contributed by atoms with Crippen molar-refractivity contribution in [3.8, 4) is 11.1 Å². The first-order valence-electron chi connectivity index (χ1n) is 11.8. The van der Waals surface area contributed by atoms with E-state index in [4.69, 9.17) is 9.84 Å². The Labute approximate surface area is 200 Å². The number of aliphatic carboxylic acids is 1. The van der Waals surface area contributed by atoms with Crippen LogP contribution in [0.5, 0.6) is 0 Å². The van der Waals surface area contributed by atoms with Crippen molar-refractivity contribution in [1.29, 1.82) is 0 Å². The average molecular weight is 467 g/mol. The molecule has 3 N–H and O–H groups in total. The lowest BCUT2D eigenvalue weighted by Gasteiger charge is -2.25. The van der Waals surface area contributed by atoms with Gasteiger partial charge >= 0.3 is 12.1 Å². The van der Waals surface area contributed by atoms with E-state index in [1.807, 2.05) is 52.0 Å². The molecule has 0 saturated heterocycles. The maximum absolute atomic E-state index is 12.7. The van der Waals surface area contributed by atoms with Crippen LogP contribution < -0.4 is 10.6 Å². The van der Waals surface area contributed by atoms with Crippen LogP contribution >= 0.6 is 0 Å². The molecule has 0 spiro atoms. The van der Waals surface area contributed by atoms with Gasteiger partial charge in [0.2, 0.25) is 5.91 Å². The molecule has 0 radical (unpaired) electrons. The number of hydrogen-bond acceptors (Lipinski definition) is 4. The molecule has 7 heteroatoms. The molecule has 0 heterocycles. The van der Waals surface area contributed by atoms with Crippen molar-refractivity contribution >= 4 is 18.0 Å². The predicted molar refractivity (Wildman–Crippen MR) is 130 cm³/mol. The smallest absolute Gasteiger partial charge is 0.407 e. The fraction of sp³-hybridized carbons (Fsp3) is 0.444. The number of alkyl carbamates (subject to hydrolysis) is 1. The molecule has 2 amide bonds. The molecule has 2 aromatic carbocycles. The van der Waals surface area contributed by atoms with Gasteiger partial charge in [0, 0.05) is 24.4 Å². The van der Waals surface area contributed by atoms with Crippen molar-refractivity contribution in [2.24, 2.45) is 11.8 Å². The Morgan fingerprint density at radius 2 is 1.32 bits per heavy atom. The third-order valence-electron chi connectivity index (χ3n) is 6.40. The summed E-state index contributed by atoms with van der Waals surface area (Å²) in [4.78, 5) is 36.3. The van der Waals surface area contributed by atoms with Crippen LogP contribution in [0.2, 0.25) is 0 Å². The van der Waals surface area contributed by atoms with Gasteiger partial charge in [-0.15, -0.1) is 0 Å². The number of benzene rings is 2. The van der Waals surface area contributed by atoms with E-state index in [1.54, 1.807) is 0 Å². The molecular formula is C27H34N2O5. The zero-order valence-electron chi connectivity index (χ0n) is 20.2. The molecule has 0 aromatic heterocycles. The minimum absolute atomic E-state index is 0.0109. The van der Waals surface area contributed by atoms with Crippen LogP contribution in [0.15, 0.2) is 48.5 Å². The SMILES string of the molecule is CC(C)[C@@H](CC(=O)O)NC(=O)C[C@@H](NC(=O)OCC1c2ccccc2-c2ccccc21)C(C)C. The van der Waals surface area contributed by atoms with Crippen LogP contribution in [0.1, 0.15) is 57.6 Å². The number of hydrogen-bond donors (Lipinski definition) is 3. The minimum atomic E-state index is -0.962. The Bertz CT molecular complexity index is 988. The van der Waals surface area contributed by atoms with Crippen molar-refractivity contribution < 1.29 is 24.2 Å². The van der Waals surface area contributed by atoms with Crippen molar-refractivity contribution in [2.75, 3.05) is 6.61 Å². The maximum atomic E-state index is 12.7. The molecule has 3 rings (SSSR count). The van der Waals surface area contributed by atoms with Gasteiger partial charge in [0.15, 0.2) is 0 Å². The molecule has 1 aliphatic carbocycles. The summed E-state index contributed by atoms with van der Waals surface area (Å²) in [7, 11) is 0. The molecule has 0 fully saturated rings. The zero-order valence-corrected chi connectivity index (χ0v) is 20.2. The number of carboxylic acid groups (broad SMARTS) is 1. The Morgan fingerprint density at radius 1 is 0.824 bits per heavy atom. The normalized spacial score (nSPS) is 14.3. The molecule has 0 unspecified atom stereocenters. The lowest BCUT2D eigenvalue weighted by molar-refractivity contribution is -0.138. The average Bonchev–Trinajstić information content (AvgIpc) is 3.10.